The fourth-order valence-electron chi connectivity index (χ4n) is 4.35. The van der Waals surface area contributed by atoms with Crippen molar-refractivity contribution in [2.75, 3.05) is 13.7 Å². The summed E-state index contributed by atoms with van der Waals surface area (Å²) < 4.78 is 7.56. The van der Waals surface area contributed by atoms with E-state index in [9.17, 15) is 9.90 Å². The SMILES string of the molecule is COC12CCC(O)CC1N(C(=O)Cn1ncc3ccccc31)CC2. The van der Waals surface area contributed by atoms with Crippen LogP contribution in [-0.2, 0) is 16.1 Å². The first-order valence-electron chi connectivity index (χ1n) is 8.56. The van der Waals surface area contributed by atoms with Crippen LogP contribution < -0.4 is 0 Å². The monoisotopic (exact) mass is 329 g/mol. The molecule has 1 aromatic carbocycles. The van der Waals surface area contributed by atoms with Gasteiger partial charge in [-0.15, -0.1) is 0 Å². The number of hydrogen-bond acceptors (Lipinski definition) is 4. The number of benzene rings is 1. The van der Waals surface area contributed by atoms with Gasteiger partial charge in [0.1, 0.15) is 6.54 Å². The number of rotatable bonds is 3. The third kappa shape index (κ3) is 2.41. The number of fused-ring (bicyclic) bond motifs is 2. The number of aliphatic hydroxyl groups is 1. The number of ether oxygens (including phenoxy) is 1. The lowest BCUT2D eigenvalue weighted by molar-refractivity contribution is -0.140. The van der Waals surface area contributed by atoms with Crippen molar-refractivity contribution in [1.29, 1.82) is 0 Å². The van der Waals surface area contributed by atoms with Gasteiger partial charge in [-0.1, -0.05) is 18.2 Å². The Labute approximate surface area is 141 Å². The summed E-state index contributed by atoms with van der Waals surface area (Å²) in [6, 6.07) is 7.85. The zero-order valence-electron chi connectivity index (χ0n) is 13.9. The van der Waals surface area contributed by atoms with Crippen molar-refractivity contribution < 1.29 is 14.6 Å². The first-order chi connectivity index (χ1) is 11.6. The van der Waals surface area contributed by atoms with E-state index in [4.69, 9.17) is 4.74 Å². The number of hydrogen-bond donors (Lipinski definition) is 1. The van der Waals surface area contributed by atoms with E-state index in [0.29, 0.717) is 13.0 Å². The maximum Gasteiger partial charge on any atom is 0.244 e. The molecule has 1 aromatic heterocycles. The number of nitrogens with zero attached hydrogens (tertiary/aromatic N) is 3. The second kappa shape index (κ2) is 5.86. The van der Waals surface area contributed by atoms with Crippen molar-refractivity contribution in [1.82, 2.24) is 14.7 Å². The number of carbonyl (C=O) groups is 1. The summed E-state index contributed by atoms with van der Waals surface area (Å²) in [4.78, 5) is 14.8. The molecule has 1 aliphatic heterocycles. The molecule has 1 N–H and O–H groups in total. The molecule has 1 aliphatic carbocycles. The number of aliphatic hydroxyl groups excluding tert-OH is 1. The molecule has 24 heavy (non-hydrogen) atoms. The van der Waals surface area contributed by atoms with Crippen molar-refractivity contribution in [3.05, 3.63) is 30.5 Å². The van der Waals surface area contributed by atoms with Gasteiger partial charge in [0.15, 0.2) is 0 Å². The Bertz CT molecular complexity index is 759. The van der Waals surface area contributed by atoms with Crippen LogP contribution in [0.25, 0.3) is 10.9 Å². The van der Waals surface area contributed by atoms with E-state index in [1.807, 2.05) is 29.2 Å². The topological polar surface area (TPSA) is 67.6 Å². The van der Waals surface area contributed by atoms with Crippen LogP contribution in [0, 0.1) is 0 Å². The molecule has 2 fully saturated rings. The van der Waals surface area contributed by atoms with Gasteiger partial charge in [-0.25, -0.2) is 0 Å². The van der Waals surface area contributed by atoms with Gasteiger partial charge in [-0.3, -0.25) is 9.48 Å². The van der Waals surface area contributed by atoms with Crippen LogP contribution in [-0.4, -0.2) is 57.1 Å². The van der Waals surface area contributed by atoms with E-state index in [1.165, 1.54) is 0 Å². The molecule has 6 nitrogen and oxygen atoms in total. The summed E-state index contributed by atoms with van der Waals surface area (Å²) in [6.45, 7) is 0.906. The standard InChI is InChI=1S/C18H23N3O3/c1-24-18-7-6-14(22)10-16(18)20(9-8-18)17(23)12-21-15-5-3-2-4-13(15)11-19-21/h2-5,11,14,16,22H,6-10,12H2,1H3. The largest absolute Gasteiger partial charge is 0.393 e. The van der Waals surface area contributed by atoms with Gasteiger partial charge in [0.25, 0.3) is 0 Å². The summed E-state index contributed by atoms with van der Waals surface area (Å²) in [6.07, 6.45) is 4.43. The Balaban J connectivity index is 1.56. The second-order valence-electron chi connectivity index (χ2n) is 6.91. The number of aromatic nitrogens is 2. The third-order valence-electron chi connectivity index (χ3n) is 5.72. The molecule has 4 rings (SSSR count). The molecule has 1 saturated carbocycles. The van der Waals surface area contributed by atoms with E-state index in [1.54, 1.807) is 18.0 Å². The van der Waals surface area contributed by atoms with E-state index in [-0.39, 0.29) is 30.2 Å². The van der Waals surface area contributed by atoms with Crippen LogP contribution in [0.1, 0.15) is 25.7 Å². The fourth-order valence-corrected chi connectivity index (χ4v) is 4.35. The number of likely N-dealkylation sites (tertiary alicyclic amines) is 1. The summed E-state index contributed by atoms with van der Waals surface area (Å²) in [5.74, 6) is 0.0434. The van der Waals surface area contributed by atoms with Crippen LogP contribution in [0.3, 0.4) is 0 Å². The highest BCUT2D eigenvalue weighted by Gasteiger charge is 2.52. The van der Waals surface area contributed by atoms with Gasteiger partial charge < -0.3 is 14.7 Å². The molecule has 6 heteroatoms. The lowest BCUT2D eigenvalue weighted by atomic mass is 9.79. The predicted molar refractivity (Wildman–Crippen MR) is 89.4 cm³/mol. The van der Waals surface area contributed by atoms with E-state index in [2.05, 4.69) is 5.10 Å². The fraction of sp³-hybridized carbons (Fsp3) is 0.556. The quantitative estimate of drug-likeness (QED) is 0.928. The number of methoxy groups -OCH3 is 1. The molecule has 2 aliphatic rings. The number of amides is 1. The Morgan fingerprint density at radius 1 is 1.42 bits per heavy atom. The Kier molecular flexibility index (Phi) is 3.81. The number of carbonyl (C=O) groups excluding carboxylic acids is 1. The van der Waals surface area contributed by atoms with Crippen molar-refractivity contribution in [3.63, 3.8) is 0 Å². The van der Waals surface area contributed by atoms with Crippen molar-refractivity contribution in [2.45, 2.75) is 50.0 Å². The Morgan fingerprint density at radius 2 is 2.25 bits per heavy atom. The zero-order chi connectivity index (χ0) is 16.7. The molecule has 0 bridgehead atoms. The molecule has 2 heterocycles. The maximum absolute atomic E-state index is 12.9. The number of para-hydroxylation sites is 1. The minimum absolute atomic E-state index is 0.0411. The van der Waals surface area contributed by atoms with E-state index in [0.717, 1.165) is 30.2 Å². The predicted octanol–water partition coefficient (Wildman–Crippen LogP) is 1.57. The first kappa shape index (κ1) is 15.6. The molecule has 1 amide bonds. The molecule has 3 unspecified atom stereocenters. The minimum atomic E-state index is -0.350. The molecular weight excluding hydrogens is 306 g/mol. The van der Waals surface area contributed by atoms with Crippen LogP contribution >= 0.6 is 0 Å². The van der Waals surface area contributed by atoms with Crippen LogP contribution in [0.2, 0.25) is 0 Å². The second-order valence-corrected chi connectivity index (χ2v) is 6.91. The zero-order valence-corrected chi connectivity index (χ0v) is 13.9. The van der Waals surface area contributed by atoms with E-state index >= 15 is 0 Å². The van der Waals surface area contributed by atoms with E-state index < -0.39 is 0 Å². The average Bonchev–Trinajstić information content (AvgIpc) is 3.17. The third-order valence-corrected chi connectivity index (χ3v) is 5.72. The van der Waals surface area contributed by atoms with Gasteiger partial charge in [0, 0.05) is 19.0 Å². The van der Waals surface area contributed by atoms with Crippen molar-refractivity contribution in [3.8, 4) is 0 Å². The Morgan fingerprint density at radius 3 is 3.08 bits per heavy atom. The highest BCUT2D eigenvalue weighted by Crippen LogP contribution is 2.42. The van der Waals surface area contributed by atoms with Gasteiger partial charge >= 0.3 is 0 Å². The molecule has 1 saturated heterocycles. The average molecular weight is 329 g/mol. The van der Waals surface area contributed by atoms with Crippen LogP contribution in [0.15, 0.2) is 30.5 Å². The molecular formula is C18H23N3O3. The van der Waals surface area contributed by atoms with Crippen LogP contribution in [0.4, 0.5) is 0 Å². The maximum atomic E-state index is 12.9. The van der Waals surface area contributed by atoms with Crippen molar-refractivity contribution >= 4 is 16.8 Å². The smallest absolute Gasteiger partial charge is 0.244 e. The summed E-state index contributed by atoms with van der Waals surface area (Å²) in [5, 5.41) is 15.4. The summed E-state index contributed by atoms with van der Waals surface area (Å²) in [5.41, 5.74) is 0.674. The van der Waals surface area contributed by atoms with Crippen molar-refractivity contribution in [2.24, 2.45) is 0 Å². The molecule has 3 atom stereocenters. The highest BCUT2D eigenvalue weighted by atomic mass is 16.5. The van der Waals surface area contributed by atoms with Gasteiger partial charge in [0.2, 0.25) is 5.91 Å². The summed E-state index contributed by atoms with van der Waals surface area (Å²) >= 11 is 0. The molecule has 2 aromatic rings. The van der Waals surface area contributed by atoms with Gasteiger partial charge in [-0.05, 0) is 31.7 Å². The molecule has 0 radical (unpaired) electrons. The lowest BCUT2D eigenvalue weighted by Gasteiger charge is -2.42. The Hall–Kier alpha value is -1.92. The van der Waals surface area contributed by atoms with Gasteiger partial charge in [-0.2, -0.15) is 5.10 Å². The normalized spacial score (nSPS) is 29.8. The van der Waals surface area contributed by atoms with Crippen LogP contribution in [0.5, 0.6) is 0 Å². The summed E-state index contributed by atoms with van der Waals surface area (Å²) in [7, 11) is 1.72. The first-order valence-corrected chi connectivity index (χ1v) is 8.56. The molecule has 0 spiro atoms. The highest BCUT2D eigenvalue weighted by molar-refractivity contribution is 5.82. The minimum Gasteiger partial charge on any atom is -0.393 e. The lowest BCUT2D eigenvalue weighted by Crippen LogP contribution is -2.53. The van der Waals surface area contributed by atoms with Gasteiger partial charge in [0.05, 0.1) is 29.5 Å². The molecule has 128 valence electrons.